The van der Waals surface area contributed by atoms with E-state index in [4.69, 9.17) is 9.72 Å². The number of piperidine rings is 1. The molecule has 4 rings (SSSR count). The molecule has 1 unspecified atom stereocenters. The van der Waals surface area contributed by atoms with E-state index in [1.807, 2.05) is 49.9 Å². The summed E-state index contributed by atoms with van der Waals surface area (Å²) in [5, 5.41) is 0.639. The number of fused-ring (bicyclic) bond motifs is 1. The summed E-state index contributed by atoms with van der Waals surface area (Å²) in [5.41, 5.74) is 0.241. The van der Waals surface area contributed by atoms with Gasteiger partial charge in [0.2, 0.25) is 0 Å². The van der Waals surface area contributed by atoms with Crippen LogP contribution in [0, 0.1) is 0 Å². The molecule has 156 valence electrons. The van der Waals surface area contributed by atoms with Gasteiger partial charge in [-0.2, -0.15) is 0 Å². The van der Waals surface area contributed by atoms with E-state index in [0.29, 0.717) is 11.4 Å². The summed E-state index contributed by atoms with van der Waals surface area (Å²) in [5.74, 6) is 1.04. The van der Waals surface area contributed by atoms with Crippen LogP contribution in [0.25, 0.3) is 10.9 Å². The maximum Gasteiger partial charge on any atom is 0.410 e. The maximum atomic E-state index is 12.4. The second kappa shape index (κ2) is 7.78. The quantitative estimate of drug-likeness (QED) is 0.841. The van der Waals surface area contributed by atoms with Crippen molar-refractivity contribution in [1.29, 1.82) is 0 Å². The summed E-state index contributed by atoms with van der Waals surface area (Å²) in [6.07, 6.45) is 2.68. The number of para-hydroxylation sites is 1. The van der Waals surface area contributed by atoms with Crippen molar-refractivity contribution in [2.75, 3.05) is 26.2 Å². The average Bonchev–Trinajstić information content (AvgIpc) is 3.17. The average molecular weight is 399 g/mol. The third-order valence-corrected chi connectivity index (χ3v) is 5.87. The Labute approximate surface area is 171 Å². The molecule has 2 aliphatic heterocycles. The number of nitrogens with zero attached hydrogens (tertiary/aromatic N) is 3. The Kier molecular flexibility index (Phi) is 5.34. The molecule has 0 aliphatic carbocycles. The fraction of sp³-hybridized carbons (Fsp3) is 0.591. The molecule has 2 aromatic rings. The highest BCUT2D eigenvalue weighted by Crippen LogP contribution is 2.29. The minimum absolute atomic E-state index is 0.0604. The zero-order valence-electron chi connectivity index (χ0n) is 17.5. The molecule has 0 bridgehead atoms. The molecule has 29 heavy (non-hydrogen) atoms. The molecule has 7 heteroatoms. The third kappa shape index (κ3) is 4.45. The van der Waals surface area contributed by atoms with E-state index in [1.165, 1.54) is 0 Å². The maximum absolute atomic E-state index is 12.4. The monoisotopic (exact) mass is 398 g/mol. The van der Waals surface area contributed by atoms with Crippen LogP contribution in [0.4, 0.5) is 4.79 Å². The van der Waals surface area contributed by atoms with Gasteiger partial charge in [0.1, 0.15) is 11.4 Å². The first-order valence-corrected chi connectivity index (χ1v) is 10.5. The molecule has 1 aromatic carbocycles. The number of nitrogens with one attached hydrogen (secondary N) is 1. The molecule has 0 radical (unpaired) electrons. The van der Waals surface area contributed by atoms with Crippen LogP contribution in [0.5, 0.6) is 0 Å². The van der Waals surface area contributed by atoms with Crippen LogP contribution in [0.1, 0.15) is 51.8 Å². The molecule has 1 atom stereocenters. The van der Waals surface area contributed by atoms with Gasteiger partial charge in [0.05, 0.1) is 10.9 Å². The lowest BCUT2D eigenvalue weighted by Gasteiger charge is -2.37. The second-order valence-corrected chi connectivity index (χ2v) is 9.15. The van der Waals surface area contributed by atoms with Crippen LogP contribution < -0.4 is 5.56 Å². The number of ether oxygens (including phenoxy) is 1. The molecule has 2 aliphatic rings. The Balaban J connectivity index is 1.36. The summed E-state index contributed by atoms with van der Waals surface area (Å²) >= 11 is 0. The van der Waals surface area contributed by atoms with Crippen molar-refractivity contribution >= 4 is 17.0 Å². The molecule has 2 saturated heterocycles. The Bertz CT molecular complexity index is 941. The van der Waals surface area contributed by atoms with Crippen molar-refractivity contribution in [3.8, 4) is 0 Å². The number of H-pyrrole nitrogens is 1. The molecule has 0 saturated carbocycles. The summed E-state index contributed by atoms with van der Waals surface area (Å²) in [4.78, 5) is 36.7. The largest absolute Gasteiger partial charge is 0.444 e. The van der Waals surface area contributed by atoms with E-state index < -0.39 is 5.60 Å². The van der Waals surface area contributed by atoms with Gasteiger partial charge in [0.25, 0.3) is 5.56 Å². The van der Waals surface area contributed by atoms with Crippen LogP contribution in [0.2, 0.25) is 0 Å². The Morgan fingerprint density at radius 1 is 1.14 bits per heavy atom. The molecular formula is C22H30N4O3. The van der Waals surface area contributed by atoms with Gasteiger partial charge >= 0.3 is 6.09 Å². The summed E-state index contributed by atoms with van der Waals surface area (Å²) in [7, 11) is 0. The number of likely N-dealkylation sites (tertiary alicyclic amines) is 2. The van der Waals surface area contributed by atoms with Crippen LogP contribution in [-0.2, 0) is 4.74 Å². The molecule has 1 amide bonds. The van der Waals surface area contributed by atoms with Gasteiger partial charge in [0, 0.05) is 31.6 Å². The van der Waals surface area contributed by atoms with Gasteiger partial charge in [-0.3, -0.25) is 9.69 Å². The Morgan fingerprint density at radius 3 is 2.59 bits per heavy atom. The van der Waals surface area contributed by atoms with Gasteiger partial charge in [-0.05, 0) is 58.7 Å². The highest BCUT2D eigenvalue weighted by atomic mass is 16.6. The number of carbonyl (C=O) groups is 1. The van der Waals surface area contributed by atoms with Crippen molar-refractivity contribution in [2.45, 2.75) is 57.6 Å². The molecule has 1 N–H and O–H groups in total. The third-order valence-electron chi connectivity index (χ3n) is 5.87. The van der Waals surface area contributed by atoms with E-state index in [2.05, 4.69) is 9.88 Å². The number of carbonyl (C=O) groups excluding carboxylic acids is 1. The number of aromatic amines is 1. The van der Waals surface area contributed by atoms with E-state index in [9.17, 15) is 9.59 Å². The summed E-state index contributed by atoms with van der Waals surface area (Å²) in [6, 6.07) is 7.95. The highest BCUT2D eigenvalue weighted by Gasteiger charge is 2.34. The van der Waals surface area contributed by atoms with Crippen LogP contribution in [-0.4, -0.2) is 63.7 Å². The Hall–Kier alpha value is -2.41. The smallest absolute Gasteiger partial charge is 0.410 e. The molecule has 2 fully saturated rings. The van der Waals surface area contributed by atoms with Gasteiger partial charge in [-0.15, -0.1) is 0 Å². The van der Waals surface area contributed by atoms with Gasteiger partial charge < -0.3 is 14.6 Å². The lowest BCUT2D eigenvalue weighted by molar-refractivity contribution is 0.0155. The molecule has 7 nitrogen and oxygen atoms in total. The summed E-state index contributed by atoms with van der Waals surface area (Å²) in [6.45, 7) is 9.04. The first-order chi connectivity index (χ1) is 13.8. The lowest BCUT2D eigenvalue weighted by Crippen LogP contribution is -2.47. The number of rotatable bonds is 2. The fourth-order valence-corrected chi connectivity index (χ4v) is 4.38. The number of hydrogen-bond acceptors (Lipinski definition) is 5. The van der Waals surface area contributed by atoms with Crippen molar-refractivity contribution < 1.29 is 9.53 Å². The predicted molar refractivity (Wildman–Crippen MR) is 112 cm³/mol. The topological polar surface area (TPSA) is 78.5 Å². The Morgan fingerprint density at radius 2 is 1.86 bits per heavy atom. The molecular weight excluding hydrogens is 368 g/mol. The van der Waals surface area contributed by atoms with E-state index in [-0.39, 0.29) is 17.6 Å². The molecule has 0 spiro atoms. The van der Waals surface area contributed by atoms with Crippen molar-refractivity contribution in [2.24, 2.45) is 0 Å². The SMILES string of the molecule is CC(C)(C)OC(=O)N1CCC(N2CCC(c3nc4ccccc4c(=O)[nH]3)C2)CC1. The number of hydrogen-bond donors (Lipinski definition) is 1. The van der Waals surface area contributed by atoms with Crippen molar-refractivity contribution in [1.82, 2.24) is 19.8 Å². The normalized spacial score (nSPS) is 21.6. The van der Waals surface area contributed by atoms with Crippen LogP contribution in [0.15, 0.2) is 29.1 Å². The van der Waals surface area contributed by atoms with E-state index in [1.54, 1.807) is 0 Å². The minimum atomic E-state index is -0.458. The number of benzene rings is 1. The molecule has 1 aromatic heterocycles. The van der Waals surface area contributed by atoms with Crippen LogP contribution in [0.3, 0.4) is 0 Å². The lowest BCUT2D eigenvalue weighted by atomic mass is 10.0. The van der Waals surface area contributed by atoms with E-state index in [0.717, 1.165) is 56.8 Å². The zero-order chi connectivity index (χ0) is 20.6. The van der Waals surface area contributed by atoms with Gasteiger partial charge in [-0.25, -0.2) is 9.78 Å². The first-order valence-electron chi connectivity index (χ1n) is 10.5. The minimum Gasteiger partial charge on any atom is -0.444 e. The van der Waals surface area contributed by atoms with E-state index >= 15 is 0 Å². The van der Waals surface area contributed by atoms with Crippen LogP contribution >= 0.6 is 0 Å². The number of amides is 1. The zero-order valence-corrected chi connectivity index (χ0v) is 17.5. The highest BCUT2D eigenvalue weighted by molar-refractivity contribution is 5.77. The summed E-state index contributed by atoms with van der Waals surface area (Å²) < 4.78 is 5.49. The van der Waals surface area contributed by atoms with Gasteiger partial charge in [-0.1, -0.05) is 12.1 Å². The standard InChI is InChI=1S/C22H30N4O3/c1-22(2,3)29-21(28)25-12-9-16(10-13-25)26-11-8-15(14-26)19-23-18-7-5-4-6-17(18)20(27)24-19/h4-7,15-16H,8-14H2,1-3H3,(H,23,24,27). The first kappa shape index (κ1) is 19.9. The fourth-order valence-electron chi connectivity index (χ4n) is 4.38. The van der Waals surface area contributed by atoms with Crippen molar-refractivity contribution in [3.05, 3.63) is 40.4 Å². The molecule has 3 heterocycles. The predicted octanol–water partition coefficient (Wildman–Crippen LogP) is 3.11. The van der Waals surface area contributed by atoms with Gasteiger partial charge in [0.15, 0.2) is 0 Å². The number of aromatic nitrogens is 2. The second-order valence-electron chi connectivity index (χ2n) is 9.15. The van der Waals surface area contributed by atoms with Crippen molar-refractivity contribution in [3.63, 3.8) is 0 Å².